The second kappa shape index (κ2) is 10.4. The molecule has 8 nitrogen and oxygen atoms in total. The molecule has 31 heavy (non-hydrogen) atoms. The fourth-order valence-corrected chi connectivity index (χ4v) is 3.32. The van der Waals surface area contributed by atoms with Crippen molar-refractivity contribution < 1.29 is 18.7 Å². The Balaban J connectivity index is 1.74. The highest BCUT2D eigenvalue weighted by Crippen LogP contribution is 2.21. The molecule has 0 aliphatic heterocycles. The van der Waals surface area contributed by atoms with E-state index in [1.807, 2.05) is 54.6 Å². The topological polar surface area (TPSA) is 114 Å². The van der Waals surface area contributed by atoms with E-state index in [4.69, 9.17) is 9.15 Å². The maximum Gasteiger partial charge on any atom is 0.434 e. The minimum absolute atomic E-state index is 0.291. The molecule has 1 aromatic heterocycles. The molecular weight excluding hydrogens is 398 g/mol. The molecule has 0 fully saturated rings. The van der Waals surface area contributed by atoms with Crippen molar-refractivity contribution in [1.29, 1.82) is 0 Å². The van der Waals surface area contributed by atoms with E-state index in [9.17, 15) is 14.4 Å². The number of hydrogen-bond donors (Lipinski definition) is 2. The fraction of sp³-hybridized carbons (Fsp3) is 0.304. The number of benzene rings is 2. The molecule has 1 amide bonds. The first kappa shape index (κ1) is 22.0. The van der Waals surface area contributed by atoms with Crippen LogP contribution in [-0.2, 0) is 16.0 Å². The molecule has 3 rings (SSSR count). The van der Waals surface area contributed by atoms with Gasteiger partial charge in [-0.05, 0) is 36.5 Å². The van der Waals surface area contributed by atoms with Crippen molar-refractivity contribution in [3.8, 4) is 11.1 Å². The van der Waals surface area contributed by atoms with E-state index in [1.165, 1.54) is 0 Å². The summed E-state index contributed by atoms with van der Waals surface area (Å²) < 4.78 is 9.81. The number of carbonyl (C=O) groups excluding carboxylic acids is 2. The van der Waals surface area contributed by atoms with E-state index >= 15 is 0 Å². The zero-order valence-corrected chi connectivity index (χ0v) is 17.5. The van der Waals surface area contributed by atoms with Gasteiger partial charge in [0.05, 0.1) is 12.5 Å². The number of rotatable bonds is 9. The molecule has 1 heterocycles. The second-order valence-corrected chi connectivity index (χ2v) is 7.24. The Morgan fingerprint density at radius 3 is 2.39 bits per heavy atom. The largest absolute Gasteiger partial charge is 0.466 e. The van der Waals surface area contributed by atoms with Crippen molar-refractivity contribution in [2.24, 2.45) is 5.92 Å². The van der Waals surface area contributed by atoms with E-state index in [2.05, 4.69) is 15.5 Å². The third-order valence-corrected chi connectivity index (χ3v) is 4.84. The summed E-state index contributed by atoms with van der Waals surface area (Å²) in [4.78, 5) is 35.6. The van der Waals surface area contributed by atoms with Gasteiger partial charge in [-0.15, -0.1) is 5.10 Å². The SMILES string of the molecule is CCOC(=O)C(C)CC(Cc1ccc(-c2ccccc2)cc1)NC(=O)c1n[nH]c(=O)o1. The van der Waals surface area contributed by atoms with Crippen LogP contribution in [0.15, 0.2) is 63.8 Å². The van der Waals surface area contributed by atoms with Gasteiger partial charge in [0.1, 0.15) is 0 Å². The first-order valence-corrected chi connectivity index (χ1v) is 10.1. The lowest BCUT2D eigenvalue weighted by molar-refractivity contribution is -0.147. The zero-order valence-electron chi connectivity index (χ0n) is 17.5. The Bertz CT molecular complexity index is 1060. The molecule has 0 spiro atoms. The molecule has 8 heteroatoms. The molecule has 2 unspecified atom stereocenters. The lowest BCUT2D eigenvalue weighted by Gasteiger charge is -2.21. The van der Waals surface area contributed by atoms with Gasteiger partial charge in [-0.3, -0.25) is 9.59 Å². The van der Waals surface area contributed by atoms with Crippen molar-refractivity contribution in [2.45, 2.75) is 32.7 Å². The van der Waals surface area contributed by atoms with Gasteiger partial charge < -0.3 is 14.5 Å². The van der Waals surface area contributed by atoms with E-state index in [-0.39, 0.29) is 11.9 Å². The normalized spacial score (nSPS) is 12.7. The molecule has 162 valence electrons. The number of carbonyl (C=O) groups is 2. The first-order valence-electron chi connectivity index (χ1n) is 10.1. The number of aromatic amines is 1. The number of H-pyrrole nitrogens is 1. The van der Waals surface area contributed by atoms with Crippen molar-refractivity contribution in [1.82, 2.24) is 15.5 Å². The summed E-state index contributed by atoms with van der Waals surface area (Å²) in [5.74, 6) is -2.52. The Labute approximate surface area is 179 Å². The number of ether oxygens (including phenoxy) is 1. The summed E-state index contributed by atoms with van der Waals surface area (Å²) >= 11 is 0. The van der Waals surface area contributed by atoms with Crippen molar-refractivity contribution in [3.63, 3.8) is 0 Å². The van der Waals surface area contributed by atoms with Crippen molar-refractivity contribution in [3.05, 3.63) is 76.6 Å². The third kappa shape index (κ3) is 6.15. The maximum absolute atomic E-state index is 12.4. The van der Waals surface area contributed by atoms with Gasteiger partial charge in [0.25, 0.3) is 0 Å². The number of esters is 1. The maximum atomic E-state index is 12.4. The van der Waals surface area contributed by atoms with E-state index in [0.29, 0.717) is 19.4 Å². The van der Waals surface area contributed by atoms with Gasteiger partial charge in [-0.25, -0.2) is 9.89 Å². The Morgan fingerprint density at radius 1 is 1.10 bits per heavy atom. The monoisotopic (exact) mass is 423 g/mol. The average Bonchev–Trinajstić information content (AvgIpc) is 3.21. The van der Waals surface area contributed by atoms with Gasteiger partial charge in [0.15, 0.2) is 0 Å². The van der Waals surface area contributed by atoms with Gasteiger partial charge >= 0.3 is 23.5 Å². The summed E-state index contributed by atoms with van der Waals surface area (Å²) in [7, 11) is 0. The van der Waals surface area contributed by atoms with Crippen LogP contribution in [0.4, 0.5) is 0 Å². The molecule has 0 aliphatic rings. The molecule has 0 aliphatic carbocycles. The molecule has 0 saturated heterocycles. The summed E-state index contributed by atoms with van der Waals surface area (Å²) in [6, 6.07) is 17.6. The van der Waals surface area contributed by atoms with E-state index in [0.717, 1.165) is 16.7 Å². The van der Waals surface area contributed by atoms with Crippen LogP contribution < -0.4 is 11.1 Å². The number of aromatic nitrogens is 2. The average molecular weight is 423 g/mol. The molecular formula is C23H25N3O5. The van der Waals surface area contributed by atoms with E-state index < -0.39 is 23.6 Å². The van der Waals surface area contributed by atoms with Gasteiger partial charge in [0, 0.05) is 6.04 Å². The molecule has 2 N–H and O–H groups in total. The standard InChI is InChI=1S/C23H25N3O5/c1-3-30-22(28)15(2)13-19(24-20(27)21-25-26-23(29)31-21)14-16-9-11-18(12-10-16)17-7-5-4-6-8-17/h4-12,15,19H,3,13-14H2,1-2H3,(H,24,27)(H,26,29). The Kier molecular flexibility index (Phi) is 7.37. The number of hydrogen-bond acceptors (Lipinski definition) is 6. The Hall–Kier alpha value is -3.68. The molecule has 2 aromatic carbocycles. The smallest absolute Gasteiger partial charge is 0.434 e. The summed E-state index contributed by atoms with van der Waals surface area (Å²) in [6.45, 7) is 3.79. The molecule has 0 saturated carbocycles. The highest BCUT2D eigenvalue weighted by molar-refractivity contribution is 5.89. The van der Waals surface area contributed by atoms with Crippen molar-refractivity contribution in [2.75, 3.05) is 6.61 Å². The minimum Gasteiger partial charge on any atom is -0.466 e. The van der Waals surface area contributed by atoms with Crippen LogP contribution in [0, 0.1) is 5.92 Å². The molecule has 2 atom stereocenters. The van der Waals surface area contributed by atoms with E-state index in [1.54, 1.807) is 13.8 Å². The van der Waals surface area contributed by atoms with Crippen LogP contribution in [0.2, 0.25) is 0 Å². The Morgan fingerprint density at radius 2 is 1.77 bits per heavy atom. The van der Waals surface area contributed by atoms with Crippen molar-refractivity contribution >= 4 is 11.9 Å². The lowest BCUT2D eigenvalue weighted by atomic mass is 9.95. The van der Waals surface area contributed by atoms with Crippen LogP contribution in [0.5, 0.6) is 0 Å². The minimum atomic E-state index is -0.807. The third-order valence-electron chi connectivity index (χ3n) is 4.84. The highest BCUT2D eigenvalue weighted by atomic mass is 16.5. The van der Waals surface area contributed by atoms with Crippen LogP contribution in [0.25, 0.3) is 11.1 Å². The summed E-state index contributed by atoms with van der Waals surface area (Å²) in [5, 5.41) is 8.43. The number of nitrogens with zero attached hydrogens (tertiary/aromatic N) is 1. The van der Waals surface area contributed by atoms with Gasteiger partial charge in [-0.2, -0.15) is 0 Å². The predicted molar refractivity (Wildman–Crippen MR) is 114 cm³/mol. The lowest BCUT2D eigenvalue weighted by Crippen LogP contribution is -2.39. The molecule has 0 bridgehead atoms. The fourth-order valence-electron chi connectivity index (χ4n) is 3.32. The van der Waals surface area contributed by atoms with Crippen LogP contribution in [0.1, 0.15) is 36.5 Å². The van der Waals surface area contributed by atoms with Gasteiger partial charge in [-0.1, -0.05) is 61.5 Å². The van der Waals surface area contributed by atoms with Crippen LogP contribution >= 0.6 is 0 Å². The highest BCUT2D eigenvalue weighted by Gasteiger charge is 2.24. The van der Waals surface area contributed by atoms with Crippen LogP contribution in [0.3, 0.4) is 0 Å². The number of amides is 1. The quantitative estimate of drug-likeness (QED) is 0.512. The van der Waals surface area contributed by atoms with Gasteiger partial charge in [0.2, 0.25) is 0 Å². The molecule has 3 aromatic rings. The van der Waals surface area contributed by atoms with Crippen LogP contribution in [-0.4, -0.2) is 34.7 Å². The summed E-state index contributed by atoms with van der Waals surface area (Å²) in [5.41, 5.74) is 3.19. The summed E-state index contributed by atoms with van der Waals surface area (Å²) in [6.07, 6.45) is 0.846. The predicted octanol–water partition coefficient (Wildman–Crippen LogP) is 2.96. The number of nitrogens with one attached hydrogen (secondary N) is 2. The molecule has 0 radical (unpaired) electrons. The second-order valence-electron chi connectivity index (χ2n) is 7.24. The first-order chi connectivity index (χ1) is 15.0. The zero-order chi connectivity index (χ0) is 22.2.